The summed E-state index contributed by atoms with van der Waals surface area (Å²) >= 11 is 0. The quantitative estimate of drug-likeness (QED) is 0.891. The molecule has 0 bridgehead atoms. The number of aromatic nitrogens is 3. The number of benzene rings is 1. The van der Waals surface area contributed by atoms with Crippen LogP contribution in [0.5, 0.6) is 0 Å². The molecule has 92 valence electrons. The van der Waals surface area contributed by atoms with E-state index in [2.05, 4.69) is 21.6 Å². The normalized spacial score (nSPS) is 10.1. The number of nitriles is 1. The highest BCUT2D eigenvalue weighted by atomic mass is 15.3. The second kappa shape index (κ2) is 4.88. The molecule has 1 aromatic carbocycles. The van der Waals surface area contributed by atoms with Crippen LogP contribution in [0.3, 0.4) is 0 Å². The molecule has 0 saturated carbocycles. The lowest BCUT2D eigenvalue weighted by molar-refractivity contribution is 0.789. The summed E-state index contributed by atoms with van der Waals surface area (Å²) in [5.74, 6) is 1.72. The monoisotopic (exact) mass is 241 g/mol. The molecule has 0 fully saturated rings. The van der Waals surface area contributed by atoms with Gasteiger partial charge in [0.05, 0.1) is 17.8 Å². The van der Waals surface area contributed by atoms with Crippen LogP contribution in [0.1, 0.15) is 22.8 Å². The molecule has 1 aromatic heterocycles. The molecule has 0 unspecified atom stereocenters. The van der Waals surface area contributed by atoms with Crippen molar-refractivity contribution in [1.29, 1.82) is 5.26 Å². The van der Waals surface area contributed by atoms with E-state index >= 15 is 0 Å². The number of nitrogens with one attached hydrogen (secondary N) is 1. The first-order chi connectivity index (χ1) is 8.63. The lowest BCUT2D eigenvalue weighted by Crippen LogP contribution is -2.08. The van der Waals surface area contributed by atoms with Crippen molar-refractivity contribution in [1.82, 2.24) is 14.8 Å². The predicted octanol–water partition coefficient (Wildman–Crippen LogP) is 1.92. The first-order valence-electron chi connectivity index (χ1n) is 5.72. The fourth-order valence-electron chi connectivity index (χ4n) is 1.74. The molecule has 5 heteroatoms. The number of hydrogen-bond acceptors (Lipinski definition) is 4. The van der Waals surface area contributed by atoms with Crippen LogP contribution in [-0.4, -0.2) is 14.8 Å². The summed E-state index contributed by atoms with van der Waals surface area (Å²) < 4.78 is 1.93. The molecule has 18 heavy (non-hydrogen) atoms. The topological polar surface area (TPSA) is 66.5 Å². The second-order valence-electron chi connectivity index (χ2n) is 4.19. The van der Waals surface area contributed by atoms with Crippen LogP contribution in [-0.2, 0) is 13.6 Å². The van der Waals surface area contributed by atoms with Gasteiger partial charge in [-0.15, -0.1) is 10.2 Å². The van der Waals surface area contributed by atoms with Crippen LogP contribution >= 0.6 is 0 Å². The van der Waals surface area contributed by atoms with Crippen molar-refractivity contribution in [2.24, 2.45) is 7.05 Å². The molecular formula is C13H15N5. The summed E-state index contributed by atoms with van der Waals surface area (Å²) in [6.45, 7) is 4.38. The molecule has 0 saturated heterocycles. The van der Waals surface area contributed by atoms with Gasteiger partial charge < -0.3 is 9.88 Å². The Morgan fingerprint density at radius 1 is 1.33 bits per heavy atom. The van der Waals surface area contributed by atoms with Crippen molar-refractivity contribution in [2.75, 3.05) is 5.32 Å². The van der Waals surface area contributed by atoms with E-state index in [-0.39, 0.29) is 0 Å². The highest BCUT2D eigenvalue weighted by molar-refractivity contribution is 5.60. The van der Waals surface area contributed by atoms with Gasteiger partial charge in [-0.1, -0.05) is 12.1 Å². The van der Waals surface area contributed by atoms with E-state index in [0.717, 1.165) is 22.9 Å². The van der Waals surface area contributed by atoms with Gasteiger partial charge in [0.25, 0.3) is 0 Å². The molecule has 1 N–H and O–H groups in total. The first-order valence-corrected chi connectivity index (χ1v) is 5.72. The van der Waals surface area contributed by atoms with Crippen LogP contribution < -0.4 is 5.32 Å². The van der Waals surface area contributed by atoms with Gasteiger partial charge in [-0.05, 0) is 25.5 Å². The number of rotatable bonds is 3. The Morgan fingerprint density at radius 3 is 2.72 bits per heavy atom. The molecule has 0 amide bonds. The molecule has 0 atom stereocenters. The number of nitrogens with zero attached hydrogens (tertiary/aromatic N) is 4. The maximum Gasteiger partial charge on any atom is 0.152 e. The smallest absolute Gasteiger partial charge is 0.152 e. The van der Waals surface area contributed by atoms with Gasteiger partial charge >= 0.3 is 0 Å². The Morgan fingerprint density at radius 2 is 2.11 bits per heavy atom. The number of aryl methyl sites for hydroxylation is 2. The lowest BCUT2D eigenvalue weighted by atomic mass is 10.1. The summed E-state index contributed by atoms with van der Waals surface area (Å²) in [4.78, 5) is 0. The standard InChI is InChI=1S/C13H15N5/c1-9-5-4-6-12(11(9)7-14)15-8-13-17-16-10(2)18(13)3/h4-6,15H,8H2,1-3H3. The van der Waals surface area contributed by atoms with E-state index in [4.69, 9.17) is 5.26 Å². The third kappa shape index (κ3) is 2.18. The van der Waals surface area contributed by atoms with E-state index in [1.54, 1.807) is 0 Å². The third-order valence-electron chi connectivity index (χ3n) is 3.00. The number of anilines is 1. The fraction of sp³-hybridized carbons (Fsp3) is 0.308. The predicted molar refractivity (Wildman–Crippen MR) is 69.0 cm³/mol. The summed E-state index contributed by atoms with van der Waals surface area (Å²) in [7, 11) is 1.92. The van der Waals surface area contributed by atoms with Crippen molar-refractivity contribution in [2.45, 2.75) is 20.4 Å². The first kappa shape index (κ1) is 12.1. The molecule has 0 aliphatic carbocycles. The van der Waals surface area contributed by atoms with Crippen molar-refractivity contribution < 1.29 is 0 Å². The molecule has 0 spiro atoms. The summed E-state index contributed by atoms with van der Waals surface area (Å²) in [5.41, 5.74) is 2.48. The minimum atomic E-state index is 0.551. The van der Waals surface area contributed by atoms with Crippen LogP contribution in [0.2, 0.25) is 0 Å². The van der Waals surface area contributed by atoms with E-state index in [0.29, 0.717) is 12.1 Å². The fourth-order valence-corrected chi connectivity index (χ4v) is 1.74. The second-order valence-corrected chi connectivity index (χ2v) is 4.19. The van der Waals surface area contributed by atoms with E-state index in [1.807, 2.05) is 43.7 Å². The zero-order valence-electron chi connectivity index (χ0n) is 10.7. The van der Waals surface area contributed by atoms with Crippen LogP contribution in [0.15, 0.2) is 18.2 Å². The Hall–Kier alpha value is -2.35. The largest absolute Gasteiger partial charge is 0.377 e. The van der Waals surface area contributed by atoms with Crippen molar-refractivity contribution in [3.63, 3.8) is 0 Å². The summed E-state index contributed by atoms with van der Waals surface area (Å²) in [5, 5.41) is 20.4. The summed E-state index contributed by atoms with van der Waals surface area (Å²) in [6, 6.07) is 7.97. The highest BCUT2D eigenvalue weighted by Gasteiger charge is 2.07. The zero-order chi connectivity index (χ0) is 13.1. The molecule has 0 aliphatic heterocycles. The SMILES string of the molecule is Cc1cccc(NCc2nnc(C)n2C)c1C#N. The summed E-state index contributed by atoms with van der Waals surface area (Å²) in [6.07, 6.45) is 0. The molecule has 0 aliphatic rings. The van der Waals surface area contributed by atoms with Crippen LogP contribution in [0.25, 0.3) is 0 Å². The van der Waals surface area contributed by atoms with Gasteiger partial charge in [0.2, 0.25) is 0 Å². The van der Waals surface area contributed by atoms with Crippen LogP contribution in [0, 0.1) is 25.2 Å². The van der Waals surface area contributed by atoms with Gasteiger partial charge in [0.1, 0.15) is 11.9 Å². The molecule has 2 rings (SSSR count). The molecule has 1 heterocycles. The van der Waals surface area contributed by atoms with Gasteiger partial charge in [0, 0.05) is 7.05 Å². The lowest BCUT2D eigenvalue weighted by Gasteiger charge is -2.09. The van der Waals surface area contributed by atoms with E-state index in [9.17, 15) is 0 Å². The average Bonchev–Trinajstić information content (AvgIpc) is 2.68. The van der Waals surface area contributed by atoms with Crippen LogP contribution in [0.4, 0.5) is 5.69 Å². The Balaban J connectivity index is 2.19. The highest BCUT2D eigenvalue weighted by Crippen LogP contribution is 2.18. The van der Waals surface area contributed by atoms with Crippen molar-refractivity contribution in [3.05, 3.63) is 41.0 Å². The third-order valence-corrected chi connectivity index (χ3v) is 3.00. The minimum absolute atomic E-state index is 0.551. The number of hydrogen-bond donors (Lipinski definition) is 1. The maximum absolute atomic E-state index is 9.13. The van der Waals surface area contributed by atoms with E-state index < -0.39 is 0 Å². The maximum atomic E-state index is 9.13. The molecule has 5 nitrogen and oxygen atoms in total. The van der Waals surface area contributed by atoms with Gasteiger partial charge in [-0.2, -0.15) is 5.26 Å². The van der Waals surface area contributed by atoms with Crippen molar-refractivity contribution in [3.8, 4) is 6.07 Å². The molecular weight excluding hydrogens is 226 g/mol. The Kier molecular flexibility index (Phi) is 3.28. The Labute approximate surface area is 106 Å². The van der Waals surface area contributed by atoms with Gasteiger partial charge in [0.15, 0.2) is 5.82 Å². The van der Waals surface area contributed by atoms with Gasteiger partial charge in [-0.25, -0.2) is 0 Å². The molecule has 0 radical (unpaired) electrons. The van der Waals surface area contributed by atoms with Gasteiger partial charge in [-0.3, -0.25) is 0 Å². The van der Waals surface area contributed by atoms with Crippen molar-refractivity contribution >= 4 is 5.69 Å². The average molecular weight is 241 g/mol. The molecule has 2 aromatic rings. The Bertz CT molecular complexity index is 606. The zero-order valence-corrected chi connectivity index (χ0v) is 10.7. The minimum Gasteiger partial charge on any atom is -0.377 e. The van der Waals surface area contributed by atoms with E-state index in [1.165, 1.54) is 0 Å².